The van der Waals surface area contributed by atoms with Gasteiger partial charge in [-0.05, 0) is 23.8 Å². The van der Waals surface area contributed by atoms with E-state index in [1.807, 2.05) is 0 Å². The molecule has 0 spiro atoms. The molecular weight excluding hydrogens is 450 g/mol. The Morgan fingerprint density at radius 1 is 0.971 bits per heavy atom. The molecule has 4 atom stereocenters. The zero-order chi connectivity index (χ0) is 25.0. The van der Waals surface area contributed by atoms with E-state index in [0.717, 1.165) is 18.4 Å². The minimum Gasteiger partial charge on any atom is -0.507 e. The van der Waals surface area contributed by atoms with E-state index in [0.29, 0.717) is 11.3 Å². The maximum Gasteiger partial charge on any atom is 0.303 e. The lowest BCUT2D eigenvalue weighted by molar-refractivity contribution is -0.166. The smallest absolute Gasteiger partial charge is 0.303 e. The fourth-order valence-corrected chi connectivity index (χ4v) is 3.69. The molecule has 11 heteroatoms. The van der Waals surface area contributed by atoms with Gasteiger partial charge in [0.1, 0.15) is 24.2 Å². The van der Waals surface area contributed by atoms with Crippen molar-refractivity contribution in [1.29, 1.82) is 0 Å². The van der Waals surface area contributed by atoms with Crippen molar-refractivity contribution in [1.82, 2.24) is 4.57 Å². The average molecular weight is 475 g/mol. The van der Waals surface area contributed by atoms with Crippen LogP contribution in [-0.2, 0) is 33.3 Å². The molecule has 2 aromatic rings. The van der Waals surface area contributed by atoms with Crippen molar-refractivity contribution in [3.63, 3.8) is 0 Å². The van der Waals surface area contributed by atoms with E-state index in [4.69, 9.17) is 23.7 Å². The Kier molecular flexibility index (Phi) is 7.57. The molecule has 1 aliphatic rings. The van der Waals surface area contributed by atoms with Crippen LogP contribution in [0, 0.1) is 0 Å². The molecule has 0 aliphatic carbocycles. The molecule has 2 heterocycles. The summed E-state index contributed by atoms with van der Waals surface area (Å²) in [5.74, 6) is -1.70. The Labute approximate surface area is 194 Å². The van der Waals surface area contributed by atoms with Crippen LogP contribution >= 0.6 is 0 Å². The predicted molar refractivity (Wildman–Crippen MR) is 116 cm³/mol. The SMILES string of the molecule is COc1ccc(-c2c(O)ccn([C@@H]3O[C@H](COC(C)=O)[C@@H](OC(C)=O)[C@H]3OC(C)=O)c2=O)cc1. The number of carbonyl (C=O) groups excluding carboxylic acids is 3. The third-order valence-corrected chi connectivity index (χ3v) is 5.09. The second-order valence-electron chi connectivity index (χ2n) is 7.53. The van der Waals surface area contributed by atoms with Crippen LogP contribution < -0.4 is 10.3 Å². The van der Waals surface area contributed by atoms with Crippen LogP contribution in [0.25, 0.3) is 11.1 Å². The van der Waals surface area contributed by atoms with Gasteiger partial charge in [-0.25, -0.2) is 0 Å². The first kappa shape index (κ1) is 24.8. The quantitative estimate of drug-likeness (QED) is 0.463. The van der Waals surface area contributed by atoms with Crippen molar-refractivity contribution in [2.45, 2.75) is 45.3 Å². The Bertz CT molecular complexity index is 1120. The Balaban J connectivity index is 2.07. The summed E-state index contributed by atoms with van der Waals surface area (Å²) in [7, 11) is 1.50. The molecular formula is C23H25NO10. The molecule has 1 saturated heterocycles. The zero-order valence-corrected chi connectivity index (χ0v) is 19.0. The predicted octanol–water partition coefficient (Wildman–Crippen LogP) is 1.55. The summed E-state index contributed by atoms with van der Waals surface area (Å²) in [6, 6.07) is 7.75. The maximum absolute atomic E-state index is 13.4. The molecule has 1 N–H and O–H groups in total. The number of benzene rings is 1. The summed E-state index contributed by atoms with van der Waals surface area (Å²) in [5, 5.41) is 10.4. The van der Waals surface area contributed by atoms with Crippen molar-refractivity contribution in [2.24, 2.45) is 0 Å². The molecule has 0 saturated carbocycles. The highest BCUT2D eigenvalue weighted by Gasteiger charge is 2.51. The van der Waals surface area contributed by atoms with Gasteiger partial charge < -0.3 is 28.8 Å². The molecule has 0 radical (unpaired) electrons. The number of methoxy groups -OCH3 is 1. The van der Waals surface area contributed by atoms with Crippen molar-refractivity contribution >= 4 is 17.9 Å². The number of nitrogens with zero attached hydrogens (tertiary/aromatic N) is 1. The van der Waals surface area contributed by atoms with Crippen LogP contribution in [0.5, 0.6) is 11.5 Å². The molecule has 1 aromatic carbocycles. The first-order chi connectivity index (χ1) is 16.1. The zero-order valence-electron chi connectivity index (χ0n) is 19.0. The fraction of sp³-hybridized carbons (Fsp3) is 0.391. The second-order valence-corrected chi connectivity index (χ2v) is 7.53. The van der Waals surface area contributed by atoms with Crippen LogP contribution in [-0.4, -0.2) is 59.6 Å². The first-order valence-electron chi connectivity index (χ1n) is 10.3. The van der Waals surface area contributed by atoms with Gasteiger partial charge in [0.25, 0.3) is 5.56 Å². The van der Waals surface area contributed by atoms with E-state index >= 15 is 0 Å². The summed E-state index contributed by atoms with van der Waals surface area (Å²) in [4.78, 5) is 48.3. The van der Waals surface area contributed by atoms with E-state index < -0.39 is 48.0 Å². The average Bonchev–Trinajstić information content (AvgIpc) is 3.08. The molecule has 0 unspecified atom stereocenters. The lowest BCUT2D eigenvalue weighted by Crippen LogP contribution is -2.41. The highest BCUT2D eigenvalue weighted by atomic mass is 16.7. The van der Waals surface area contributed by atoms with Crippen molar-refractivity contribution in [3.8, 4) is 22.6 Å². The van der Waals surface area contributed by atoms with E-state index in [9.17, 15) is 24.3 Å². The highest BCUT2D eigenvalue weighted by molar-refractivity contribution is 5.70. The van der Waals surface area contributed by atoms with Crippen LogP contribution in [0.3, 0.4) is 0 Å². The largest absolute Gasteiger partial charge is 0.507 e. The summed E-state index contributed by atoms with van der Waals surface area (Å²) in [6.45, 7) is 3.21. The molecule has 1 fully saturated rings. The molecule has 11 nitrogen and oxygen atoms in total. The molecule has 182 valence electrons. The normalized spacial score (nSPS) is 21.5. The number of aromatic nitrogens is 1. The lowest BCUT2D eigenvalue weighted by Gasteiger charge is -2.24. The summed E-state index contributed by atoms with van der Waals surface area (Å²) < 4.78 is 27.8. The number of aromatic hydroxyl groups is 1. The number of rotatable bonds is 7. The minimum atomic E-state index is -1.24. The maximum atomic E-state index is 13.4. The van der Waals surface area contributed by atoms with Crippen LogP contribution in [0.2, 0.25) is 0 Å². The summed E-state index contributed by atoms with van der Waals surface area (Å²) in [5.41, 5.74) is -0.266. The number of hydrogen-bond donors (Lipinski definition) is 1. The third-order valence-electron chi connectivity index (χ3n) is 5.09. The van der Waals surface area contributed by atoms with E-state index in [1.165, 1.54) is 26.3 Å². The molecule has 34 heavy (non-hydrogen) atoms. The Hall–Kier alpha value is -3.86. The standard InChI is InChI=1S/C23H25NO10/c1-12(25)31-11-18-20(32-13(2)26)21(33-14(3)27)23(34-18)24-10-9-17(28)19(22(24)29)15-5-7-16(30-4)8-6-15/h5-10,18,20-21,23,28H,11H2,1-4H3/t18-,20-,21-,23-/m1/s1. The van der Waals surface area contributed by atoms with Gasteiger partial charge in [-0.15, -0.1) is 0 Å². The number of esters is 3. The van der Waals surface area contributed by atoms with Crippen molar-refractivity contribution in [3.05, 3.63) is 46.9 Å². The topological polar surface area (TPSA) is 140 Å². The molecule has 1 aliphatic heterocycles. The van der Waals surface area contributed by atoms with Gasteiger partial charge in [-0.3, -0.25) is 23.7 Å². The van der Waals surface area contributed by atoms with Gasteiger partial charge >= 0.3 is 17.9 Å². The van der Waals surface area contributed by atoms with Crippen LogP contribution in [0.15, 0.2) is 41.3 Å². The lowest BCUT2D eigenvalue weighted by atomic mass is 10.1. The van der Waals surface area contributed by atoms with Gasteiger partial charge in [0, 0.05) is 27.0 Å². The fourth-order valence-electron chi connectivity index (χ4n) is 3.69. The van der Waals surface area contributed by atoms with Gasteiger partial charge in [-0.2, -0.15) is 0 Å². The Morgan fingerprint density at radius 3 is 2.15 bits per heavy atom. The second kappa shape index (κ2) is 10.4. The minimum absolute atomic E-state index is 0.0252. The highest BCUT2D eigenvalue weighted by Crippen LogP contribution is 2.35. The number of hydrogen-bond acceptors (Lipinski definition) is 10. The summed E-state index contributed by atoms with van der Waals surface area (Å²) in [6.07, 6.45) is -3.37. The molecule has 3 rings (SSSR count). The van der Waals surface area contributed by atoms with Gasteiger partial charge in [0.15, 0.2) is 18.4 Å². The van der Waals surface area contributed by atoms with Crippen LogP contribution in [0.1, 0.15) is 27.0 Å². The molecule has 0 amide bonds. The van der Waals surface area contributed by atoms with Gasteiger partial charge in [0.05, 0.1) is 12.7 Å². The van der Waals surface area contributed by atoms with Crippen molar-refractivity contribution < 1.29 is 43.2 Å². The van der Waals surface area contributed by atoms with E-state index in [-0.39, 0.29) is 17.9 Å². The first-order valence-corrected chi connectivity index (χ1v) is 10.3. The third kappa shape index (κ3) is 5.37. The summed E-state index contributed by atoms with van der Waals surface area (Å²) >= 11 is 0. The van der Waals surface area contributed by atoms with Crippen LogP contribution in [0.4, 0.5) is 0 Å². The number of carbonyl (C=O) groups is 3. The molecule has 1 aromatic heterocycles. The number of pyridine rings is 1. The number of ether oxygens (including phenoxy) is 5. The van der Waals surface area contributed by atoms with E-state index in [2.05, 4.69) is 0 Å². The van der Waals surface area contributed by atoms with Gasteiger partial charge in [-0.1, -0.05) is 12.1 Å². The molecule has 0 bridgehead atoms. The van der Waals surface area contributed by atoms with Crippen molar-refractivity contribution in [2.75, 3.05) is 13.7 Å². The monoisotopic (exact) mass is 475 g/mol. The van der Waals surface area contributed by atoms with Gasteiger partial charge in [0.2, 0.25) is 0 Å². The van der Waals surface area contributed by atoms with E-state index in [1.54, 1.807) is 24.3 Å². The Morgan fingerprint density at radius 2 is 1.59 bits per heavy atom.